The lowest BCUT2D eigenvalue weighted by Crippen LogP contribution is -2.52. The summed E-state index contributed by atoms with van der Waals surface area (Å²) in [5.74, 6) is -0.681. The van der Waals surface area contributed by atoms with Gasteiger partial charge in [0.15, 0.2) is 0 Å². The van der Waals surface area contributed by atoms with Crippen LogP contribution >= 0.6 is 11.6 Å². The van der Waals surface area contributed by atoms with Crippen LogP contribution in [0.4, 0.5) is 19.3 Å². The van der Waals surface area contributed by atoms with Gasteiger partial charge in [-0.1, -0.05) is 11.6 Å². The zero-order chi connectivity index (χ0) is 25.9. The lowest BCUT2D eigenvalue weighted by atomic mass is 10.2. The number of carbonyl (C=O) groups excluding carboxylic acids is 3. The molecule has 2 aromatic heterocycles. The minimum atomic E-state index is -2.85. The van der Waals surface area contributed by atoms with Crippen molar-refractivity contribution < 1.29 is 27.9 Å². The largest absolute Gasteiger partial charge is 0.450 e. The zero-order valence-corrected chi connectivity index (χ0v) is 20.7. The topological polar surface area (TPSA) is 115 Å². The van der Waals surface area contributed by atoms with Gasteiger partial charge in [0.1, 0.15) is 18.3 Å². The highest BCUT2D eigenvalue weighted by Gasteiger charge is 2.29. The molecule has 0 bridgehead atoms. The Balaban J connectivity index is 1.61. The summed E-state index contributed by atoms with van der Waals surface area (Å²) < 4.78 is 33.6. The van der Waals surface area contributed by atoms with Crippen LogP contribution in [0.15, 0.2) is 6.20 Å². The summed E-state index contributed by atoms with van der Waals surface area (Å²) >= 11 is 5.88. The quantitative estimate of drug-likeness (QED) is 0.606. The Bertz CT molecular complexity index is 1100. The zero-order valence-electron chi connectivity index (χ0n) is 19.9. The molecule has 3 heterocycles. The Morgan fingerprint density at radius 2 is 1.77 bits per heavy atom. The highest BCUT2D eigenvalue weighted by Crippen LogP contribution is 2.28. The number of aromatic nitrogens is 4. The maximum atomic E-state index is 13.0. The summed E-state index contributed by atoms with van der Waals surface area (Å²) in [6.07, 6.45) is -1.70. The first kappa shape index (κ1) is 26.4. The summed E-state index contributed by atoms with van der Waals surface area (Å²) in [7, 11) is 0. The van der Waals surface area contributed by atoms with E-state index in [-0.39, 0.29) is 23.2 Å². The number of halogens is 3. The van der Waals surface area contributed by atoms with Crippen LogP contribution in [0.25, 0.3) is 0 Å². The second-order valence-corrected chi connectivity index (χ2v) is 8.46. The van der Waals surface area contributed by atoms with Gasteiger partial charge < -0.3 is 19.9 Å². The number of amides is 3. The minimum absolute atomic E-state index is 0.171. The van der Waals surface area contributed by atoms with Crippen LogP contribution in [0.1, 0.15) is 43.4 Å². The number of nitrogens with one attached hydrogen (secondary N) is 1. The number of hydrogen-bond acceptors (Lipinski definition) is 6. The van der Waals surface area contributed by atoms with Crippen molar-refractivity contribution in [3.8, 4) is 0 Å². The molecule has 0 radical (unpaired) electrons. The molecule has 11 nitrogen and oxygen atoms in total. The van der Waals surface area contributed by atoms with Gasteiger partial charge in [-0.25, -0.2) is 13.6 Å². The molecular weight excluding hydrogens is 488 g/mol. The fourth-order valence-electron chi connectivity index (χ4n) is 3.67. The van der Waals surface area contributed by atoms with Crippen molar-refractivity contribution in [1.29, 1.82) is 0 Å². The number of ether oxygens (including phenoxy) is 1. The SMILES string of the molecule is CCOC(=O)N1CCN(C(=O)C(C)n2cc(NC(=O)Cn3nc(C(F)F)c(Cl)c3C)c(C)n2)CC1. The summed E-state index contributed by atoms with van der Waals surface area (Å²) in [4.78, 5) is 40.5. The summed E-state index contributed by atoms with van der Waals surface area (Å²) in [5.41, 5.74) is 0.545. The van der Waals surface area contributed by atoms with Gasteiger partial charge in [-0.2, -0.15) is 10.2 Å². The van der Waals surface area contributed by atoms with Crippen LogP contribution < -0.4 is 5.32 Å². The first-order valence-electron chi connectivity index (χ1n) is 11.1. The van der Waals surface area contributed by atoms with Gasteiger partial charge in [-0.15, -0.1) is 0 Å². The van der Waals surface area contributed by atoms with Crippen LogP contribution in [-0.4, -0.2) is 80.1 Å². The van der Waals surface area contributed by atoms with Crippen molar-refractivity contribution in [2.75, 3.05) is 38.1 Å². The molecule has 2 aromatic rings. The number of nitrogens with zero attached hydrogens (tertiary/aromatic N) is 6. The summed E-state index contributed by atoms with van der Waals surface area (Å²) in [6.45, 7) is 8.07. The highest BCUT2D eigenvalue weighted by atomic mass is 35.5. The first-order chi connectivity index (χ1) is 16.5. The lowest BCUT2D eigenvalue weighted by Gasteiger charge is -2.35. The number of aryl methyl sites for hydroxylation is 1. The van der Waals surface area contributed by atoms with Gasteiger partial charge in [0.25, 0.3) is 6.43 Å². The van der Waals surface area contributed by atoms with E-state index in [9.17, 15) is 23.2 Å². The normalized spacial score (nSPS) is 14.9. The van der Waals surface area contributed by atoms with E-state index in [2.05, 4.69) is 15.5 Å². The van der Waals surface area contributed by atoms with Crippen LogP contribution in [0, 0.1) is 13.8 Å². The molecule has 0 aliphatic carbocycles. The molecule has 35 heavy (non-hydrogen) atoms. The molecule has 192 valence electrons. The fourth-order valence-corrected chi connectivity index (χ4v) is 3.89. The Morgan fingerprint density at radius 1 is 1.14 bits per heavy atom. The lowest BCUT2D eigenvalue weighted by molar-refractivity contribution is -0.136. The predicted molar refractivity (Wildman–Crippen MR) is 122 cm³/mol. The molecule has 1 N–H and O–H groups in total. The molecule has 1 fully saturated rings. The maximum absolute atomic E-state index is 13.0. The van der Waals surface area contributed by atoms with Crippen LogP contribution in [-0.2, 0) is 20.9 Å². The molecular formula is C21H28ClF2N7O4. The van der Waals surface area contributed by atoms with E-state index in [1.165, 1.54) is 17.8 Å². The summed E-state index contributed by atoms with van der Waals surface area (Å²) in [6, 6.07) is -0.644. The smallest absolute Gasteiger partial charge is 0.409 e. The Kier molecular flexibility index (Phi) is 8.30. The Morgan fingerprint density at radius 3 is 2.34 bits per heavy atom. The molecule has 1 unspecified atom stereocenters. The van der Waals surface area contributed by atoms with E-state index in [0.717, 1.165) is 4.68 Å². The fraction of sp³-hybridized carbons (Fsp3) is 0.571. The van der Waals surface area contributed by atoms with Crippen molar-refractivity contribution in [3.63, 3.8) is 0 Å². The molecule has 3 amide bonds. The monoisotopic (exact) mass is 515 g/mol. The highest BCUT2D eigenvalue weighted by molar-refractivity contribution is 6.31. The van der Waals surface area contributed by atoms with Gasteiger partial charge >= 0.3 is 6.09 Å². The van der Waals surface area contributed by atoms with E-state index in [4.69, 9.17) is 16.3 Å². The Labute approximate surface area is 205 Å². The molecule has 3 rings (SSSR count). The number of piperazine rings is 1. The number of hydrogen-bond donors (Lipinski definition) is 1. The summed E-state index contributed by atoms with van der Waals surface area (Å²) in [5, 5.41) is 10.6. The number of anilines is 1. The average Bonchev–Trinajstić information content (AvgIpc) is 3.32. The number of rotatable bonds is 7. The molecule has 0 spiro atoms. The third-order valence-corrected chi connectivity index (χ3v) is 6.19. The molecule has 1 atom stereocenters. The molecule has 0 saturated carbocycles. The Hall–Kier alpha value is -3.22. The third-order valence-electron chi connectivity index (χ3n) is 5.72. The number of carbonyl (C=O) groups is 3. The standard InChI is InChI=1S/C21H28ClF2N7O4/c1-5-35-21(34)29-8-6-28(7-9-29)20(33)14(4)30-10-15(12(2)26-30)25-16(32)11-31-13(3)17(22)18(27-31)19(23)24/h10,14,19H,5-9,11H2,1-4H3,(H,25,32). The minimum Gasteiger partial charge on any atom is -0.450 e. The molecule has 14 heteroatoms. The van der Waals surface area contributed by atoms with Crippen LogP contribution in [0.5, 0.6) is 0 Å². The second kappa shape index (κ2) is 11.0. The second-order valence-electron chi connectivity index (χ2n) is 8.09. The average molecular weight is 516 g/mol. The van der Waals surface area contributed by atoms with Gasteiger partial charge in [0.2, 0.25) is 11.8 Å². The van der Waals surface area contributed by atoms with E-state index < -0.39 is 30.2 Å². The van der Waals surface area contributed by atoms with Gasteiger partial charge in [-0.3, -0.25) is 19.0 Å². The van der Waals surface area contributed by atoms with Gasteiger partial charge in [-0.05, 0) is 27.7 Å². The van der Waals surface area contributed by atoms with Crippen molar-refractivity contribution in [3.05, 3.63) is 28.3 Å². The van der Waals surface area contributed by atoms with E-state index >= 15 is 0 Å². The van der Waals surface area contributed by atoms with E-state index in [1.54, 1.807) is 30.6 Å². The van der Waals surface area contributed by atoms with E-state index in [1.807, 2.05) is 0 Å². The number of alkyl halides is 2. The molecule has 1 saturated heterocycles. The maximum Gasteiger partial charge on any atom is 0.409 e. The van der Waals surface area contributed by atoms with Crippen molar-refractivity contribution in [1.82, 2.24) is 29.4 Å². The van der Waals surface area contributed by atoms with E-state index in [0.29, 0.717) is 44.2 Å². The molecule has 1 aliphatic rings. The van der Waals surface area contributed by atoms with Crippen molar-refractivity contribution >= 4 is 35.2 Å². The van der Waals surface area contributed by atoms with Gasteiger partial charge in [0, 0.05) is 32.4 Å². The first-order valence-corrected chi connectivity index (χ1v) is 11.5. The molecule has 1 aliphatic heterocycles. The van der Waals surface area contributed by atoms with Crippen LogP contribution in [0.2, 0.25) is 5.02 Å². The molecule has 0 aromatic carbocycles. The van der Waals surface area contributed by atoms with Crippen LogP contribution in [0.3, 0.4) is 0 Å². The predicted octanol–water partition coefficient (Wildman–Crippen LogP) is 2.79. The van der Waals surface area contributed by atoms with Crippen molar-refractivity contribution in [2.45, 2.75) is 46.7 Å². The van der Waals surface area contributed by atoms with Gasteiger partial charge in [0.05, 0.1) is 28.7 Å². The third kappa shape index (κ3) is 5.89. The van der Waals surface area contributed by atoms with Crippen molar-refractivity contribution in [2.24, 2.45) is 0 Å².